The van der Waals surface area contributed by atoms with E-state index >= 15 is 0 Å². The lowest BCUT2D eigenvalue weighted by atomic mass is 9.92. The number of nitrogens with zero attached hydrogens (tertiary/aromatic N) is 1. The van der Waals surface area contributed by atoms with Crippen LogP contribution in [0, 0.1) is 0 Å². The highest BCUT2D eigenvalue weighted by atomic mass is 16.5. The Hall–Kier alpha value is -1.43. The Bertz CT molecular complexity index is 456. The number of rotatable bonds is 7. The van der Waals surface area contributed by atoms with Gasteiger partial charge in [0.05, 0.1) is 13.2 Å². The summed E-state index contributed by atoms with van der Waals surface area (Å²) in [6.45, 7) is 7.19. The van der Waals surface area contributed by atoms with E-state index in [1.54, 1.807) is 6.92 Å². The van der Waals surface area contributed by atoms with Crippen molar-refractivity contribution in [3.05, 3.63) is 35.9 Å². The predicted octanol–water partition coefficient (Wildman–Crippen LogP) is 1.09. The minimum Gasteiger partial charge on any atom is -0.379 e. The van der Waals surface area contributed by atoms with Gasteiger partial charge in [0.2, 0.25) is 5.91 Å². The number of nitrogens with one attached hydrogen (secondary N) is 1. The van der Waals surface area contributed by atoms with Crippen molar-refractivity contribution < 1.29 is 9.53 Å². The molecule has 1 aromatic rings. The number of ether oxygens (including phenoxy) is 1. The van der Waals surface area contributed by atoms with Crippen molar-refractivity contribution in [3.63, 3.8) is 0 Å². The van der Waals surface area contributed by atoms with Crippen molar-refractivity contribution in [2.45, 2.75) is 25.3 Å². The van der Waals surface area contributed by atoms with Gasteiger partial charge in [0.25, 0.3) is 0 Å². The van der Waals surface area contributed by atoms with Gasteiger partial charge in [-0.25, -0.2) is 0 Å². The maximum atomic E-state index is 12.3. The third-order valence-corrected chi connectivity index (χ3v) is 4.14. The van der Waals surface area contributed by atoms with E-state index in [0.717, 1.165) is 51.3 Å². The van der Waals surface area contributed by atoms with Gasteiger partial charge in [-0.05, 0) is 31.9 Å². The molecule has 22 heavy (non-hydrogen) atoms. The molecule has 1 atom stereocenters. The molecule has 0 bridgehead atoms. The Balaban J connectivity index is 1.66. The van der Waals surface area contributed by atoms with E-state index in [-0.39, 0.29) is 5.91 Å². The van der Waals surface area contributed by atoms with E-state index in [4.69, 9.17) is 10.5 Å². The quantitative estimate of drug-likeness (QED) is 0.740. The van der Waals surface area contributed by atoms with Crippen LogP contribution in [0.5, 0.6) is 0 Å². The Morgan fingerprint density at radius 2 is 1.95 bits per heavy atom. The normalized spacial score (nSPS) is 18.6. The fourth-order valence-corrected chi connectivity index (χ4v) is 2.59. The fraction of sp³-hybridized carbons (Fsp3) is 0.588. The zero-order valence-electron chi connectivity index (χ0n) is 13.4. The number of amides is 1. The number of hydrogen-bond donors (Lipinski definition) is 2. The van der Waals surface area contributed by atoms with Crippen molar-refractivity contribution >= 4 is 5.91 Å². The van der Waals surface area contributed by atoms with Crippen LogP contribution in [0.1, 0.15) is 25.3 Å². The molecule has 0 radical (unpaired) electrons. The first-order chi connectivity index (χ1) is 10.6. The van der Waals surface area contributed by atoms with Gasteiger partial charge in [0, 0.05) is 19.6 Å². The molecule has 1 amide bonds. The Morgan fingerprint density at radius 1 is 1.27 bits per heavy atom. The summed E-state index contributed by atoms with van der Waals surface area (Å²) in [5.41, 5.74) is 6.03. The van der Waals surface area contributed by atoms with E-state index in [9.17, 15) is 4.79 Å². The van der Waals surface area contributed by atoms with Crippen molar-refractivity contribution in [2.75, 3.05) is 39.4 Å². The standard InChI is InChI=1S/C17H27N3O2/c1-17(18,15-7-3-2-4-8-15)16(21)19-9-5-6-10-20-11-13-22-14-12-20/h2-4,7-8H,5-6,9-14,18H2,1H3,(H,19,21). The molecule has 1 fully saturated rings. The van der Waals surface area contributed by atoms with E-state index in [1.807, 2.05) is 30.3 Å². The van der Waals surface area contributed by atoms with Crippen LogP contribution in [0.15, 0.2) is 30.3 Å². The summed E-state index contributed by atoms with van der Waals surface area (Å²) in [5.74, 6) is -0.120. The molecule has 0 aliphatic carbocycles. The second-order valence-corrected chi connectivity index (χ2v) is 5.99. The molecule has 3 N–H and O–H groups in total. The predicted molar refractivity (Wildman–Crippen MR) is 87.5 cm³/mol. The molecular weight excluding hydrogens is 278 g/mol. The molecule has 1 aliphatic rings. The van der Waals surface area contributed by atoms with Crippen LogP contribution in [0.3, 0.4) is 0 Å². The molecular formula is C17H27N3O2. The molecule has 5 nitrogen and oxygen atoms in total. The fourth-order valence-electron chi connectivity index (χ4n) is 2.59. The zero-order valence-corrected chi connectivity index (χ0v) is 13.4. The van der Waals surface area contributed by atoms with Crippen molar-refractivity contribution in [1.29, 1.82) is 0 Å². The molecule has 1 aliphatic heterocycles. The van der Waals surface area contributed by atoms with Gasteiger partial charge < -0.3 is 15.8 Å². The third kappa shape index (κ3) is 4.80. The van der Waals surface area contributed by atoms with Crippen LogP contribution in [0.2, 0.25) is 0 Å². The highest BCUT2D eigenvalue weighted by molar-refractivity contribution is 5.86. The number of carbonyl (C=O) groups is 1. The van der Waals surface area contributed by atoms with Crippen molar-refractivity contribution in [1.82, 2.24) is 10.2 Å². The minimum absolute atomic E-state index is 0.120. The summed E-state index contributed by atoms with van der Waals surface area (Å²) in [7, 11) is 0. The summed E-state index contributed by atoms with van der Waals surface area (Å²) in [6.07, 6.45) is 2.04. The lowest BCUT2D eigenvalue weighted by molar-refractivity contribution is -0.126. The topological polar surface area (TPSA) is 67.6 Å². The second-order valence-electron chi connectivity index (χ2n) is 5.99. The van der Waals surface area contributed by atoms with Gasteiger partial charge in [-0.15, -0.1) is 0 Å². The molecule has 122 valence electrons. The largest absolute Gasteiger partial charge is 0.379 e. The van der Waals surface area contributed by atoms with Gasteiger partial charge in [0.15, 0.2) is 0 Å². The van der Waals surface area contributed by atoms with Crippen molar-refractivity contribution in [2.24, 2.45) is 5.73 Å². The third-order valence-electron chi connectivity index (χ3n) is 4.14. The molecule has 0 saturated carbocycles. The molecule has 1 heterocycles. The lowest BCUT2D eigenvalue weighted by Crippen LogP contribution is -2.49. The highest BCUT2D eigenvalue weighted by Gasteiger charge is 2.29. The van der Waals surface area contributed by atoms with Crippen LogP contribution in [-0.4, -0.2) is 50.2 Å². The number of hydrogen-bond acceptors (Lipinski definition) is 4. The maximum Gasteiger partial charge on any atom is 0.244 e. The average Bonchev–Trinajstić information content (AvgIpc) is 2.56. The highest BCUT2D eigenvalue weighted by Crippen LogP contribution is 2.17. The monoisotopic (exact) mass is 305 g/mol. The summed E-state index contributed by atoms with van der Waals surface area (Å²) in [4.78, 5) is 14.7. The first-order valence-corrected chi connectivity index (χ1v) is 8.03. The van der Waals surface area contributed by atoms with E-state index in [0.29, 0.717) is 6.54 Å². The molecule has 0 spiro atoms. The van der Waals surface area contributed by atoms with E-state index in [2.05, 4.69) is 10.2 Å². The SMILES string of the molecule is CC(N)(C(=O)NCCCCN1CCOCC1)c1ccccc1. The minimum atomic E-state index is -0.981. The first-order valence-electron chi connectivity index (χ1n) is 8.03. The molecule has 0 aromatic heterocycles. The van der Waals surface area contributed by atoms with Gasteiger partial charge in [-0.3, -0.25) is 9.69 Å². The van der Waals surface area contributed by atoms with Crippen LogP contribution in [0.25, 0.3) is 0 Å². The van der Waals surface area contributed by atoms with E-state index in [1.165, 1.54) is 0 Å². The Labute approximate surface area is 132 Å². The molecule has 5 heteroatoms. The maximum absolute atomic E-state index is 12.3. The molecule has 2 rings (SSSR count). The molecule has 1 unspecified atom stereocenters. The first kappa shape index (κ1) is 16.9. The van der Waals surface area contributed by atoms with Gasteiger partial charge in [0.1, 0.15) is 5.54 Å². The zero-order chi connectivity index (χ0) is 15.8. The van der Waals surface area contributed by atoms with Crippen LogP contribution in [0.4, 0.5) is 0 Å². The van der Waals surface area contributed by atoms with E-state index < -0.39 is 5.54 Å². The second kappa shape index (κ2) is 8.27. The van der Waals surface area contributed by atoms with Crippen LogP contribution < -0.4 is 11.1 Å². The van der Waals surface area contributed by atoms with Gasteiger partial charge >= 0.3 is 0 Å². The number of benzene rings is 1. The average molecular weight is 305 g/mol. The summed E-state index contributed by atoms with van der Waals surface area (Å²) >= 11 is 0. The van der Waals surface area contributed by atoms with Crippen LogP contribution >= 0.6 is 0 Å². The van der Waals surface area contributed by atoms with Crippen molar-refractivity contribution in [3.8, 4) is 0 Å². The number of unbranched alkanes of at least 4 members (excludes halogenated alkanes) is 1. The number of nitrogens with two attached hydrogens (primary N) is 1. The molecule has 1 aromatic carbocycles. The summed E-state index contributed by atoms with van der Waals surface area (Å²) < 4.78 is 5.33. The number of carbonyl (C=O) groups excluding carboxylic acids is 1. The summed E-state index contributed by atoms with van der Waals surface area (Å²) in [5, 5.41) is 2.95. The van der Waals surface area contributed by atoms with Crippen LogP contribution in [-0.2, 0) is 15.1 Å². The smallest absolute Gasteiger partial charge is 0.244 e. The lowest BCUT2D eigenvalue weighted by Gasteiger charge is -2.26. The van der Waals surface area contributed by atoms with Gasteiger partial charge in [-0.2, -0.15) is 0 Å². The summed E-state index contributed by atoms with van der Waals surface area (Å²) in [6, 6.07) is 9.49. The Morgan fingerprint density at radius 3 is 2.64 bits per heavy atom. The Kier molecular flexibility index (Phi) is 6.36. The number of morpholine rings is 1. The molecule has 1 saturated heterocycles. The van der Waals surface area contributed by atoms with Gasteiger partial charge in [-0.1, -0.05) is 30.3 Å².